The van der Waals surface area contributed by atoms with Crippen molar-refractivity contribution in [2.45, 2.75) is 52.2 Å². The second-order valence-corrected chi connectivity index (χ2v) is 8.02. The number of benzene rings is 1. The van der Waals surface area contributed by atoms with Gasteiger partial charge in [-0.05, 0) is 40.5 Å². The molecule has 1 saturated heterocycles. The number of esters is 1. The minimum atomic E-state index is -0.585. The number of imidazole rings is 1. The summed E-state index contributed by atoms with van der Waals surface area (Å²) in [5.74, 6) is 0.0585. The third-order valence-corrected chi connectivity index (χ3v) is 4.58. The lowest BCUT2D eigenvalue weighted by atomic mass is 9.94. The van der Waals surface area contributed by atoms with Crippen LogP contribution in [0.3, 0.4) is 0 Å². The fourth-order valence-electron chi connectivity index (χ4n) is 3.34. The molecule has 29 heavy (non-hydrogen) atoms. The molecule has 1 aromatic carbocycles. The highest BCUT2D eigenvalue weighted by molar-refractivity contribution is 6.32. The summed E-state index contributed by atoms with van der Waals surface area (Å²) in [6.07, 6.45) is 1.18. The van der Waals surface area contributed by atoms with Gasteiger partial charge in [0.05, 0.1) is 12.6 Å². The topological polar surface area (TPSA) is 84.5 Å². The Balaban J connectivity index is 1.96. The molecule has 2 heterocycles. The Hall–Kier alpha value is -2.77. The molecular weight excluding hydrogens is 369 g/mol. The van der Waals surface area contributed by atoms with E-state index in [1.807, 2.05) is 20.8 Å². The smallest absolute Gasteiger partial charge is 0.410 e. The van der Waals surface area contributed by atoms with Crippen LogP contribution >= 0.6 is 0 Å². The second kappa shape index (κ2) is 8.31. The van der Waals surface area contributed by atoms with Crippen molar-refractivity contribution in [2.24, 2.45) is 0 Å². The van der Waals surface area contributed by atoms with Crippen molar-refractivity contribution in [1.82, 2.24) is 14.9 Å². The number of aromatic amines is 1. The van der Waals surface area contributed by atoms with E-state index in [0.717, 1.165) is 18.4 Å². The zero-order valence-corrected chi connectivity index (χ0v) is 17.3. The molecule has 0 aliphatic carbocycles. The Labute approximate surface area is 172 Å². The van der Waals surface area contributed by atoms with Crippen LogP contribution in [0.1, 0.15) is 62.9 Å². The van der Waals surface area contributed by atoms with E-state index in [-0.39, 0.29) is 24.4 Å². The van der Waals surface area contributed by atoms with Gasteiger partial charge in [0.1, 0.15) is 25.0 Å². The number of ether oxygens (including phenoxy) is 2. The Morgan fingerprint density at radius 1 is 1.28 bits per heavy atom. The number of likely N-dealkylation sites (tertiary alicyclic amines) is 1. The monoisotopic (exact) mass is 395 g/mol. The number of carbonyl (C=O) groups excluding carboxylic acids is 2. The van der Waals surface area contributed by atoms with Gasteiger partial charge in [-0.3, -0.25) is 4.90 Å². The molecular formula is C21H26BN3O4. The van der Waals surface area contributed by atoms with E-state index in [1.165, 1.54) is 0 Å². The molecule has 2 aromatic rings. The summed E-state index contributed by atoms with van der Waals surface area (Å²) in [6, 6.07) is 6.82. The molecule has 0 saturated carbocycles. The van der Waals surface area contributed by atoms with E-state index in [0.29, 0.717) is 23.5 Å². The predicted molar refractivity (Wildman–Crippen MR) is 110 cm³/mol. The van der Waals surface area contributed by atoms with Crippen molar-refractivity contribution in [3.8, 4) is 11.3 Å². The highest BCUT2D eigenvalue weighted by Gasteiger charge is 2.36. The van der Waals surface area contributed by atoms with Crippen LogP contribution in [0.25, 0.3) is 11.3 Å². The van der Waals surface area contributed by atoms with Crippen molar-refractivity contribution >= 4 is 25.4 Å². The molecule has 1 fully saturated rings. The number of carbonyl (C=O) groups is 2. The van der Waals surface area contributed by atoms with E-state index >= 15 is 0 Å². The van der Waals surface area contributed by atoms with Gasteiger partial charge in [0.25, 0.3) is 0 Å². The van der Waals surface area contributed by atoms with Gasteiger partial charge in [0.2, 0.25) is 0 Å². The van der Waals surface area contributed by atoms with Gasteiger partial charge in [-0.1, -0.05) is 29.7 Å². The molecule has 0 unspecified atom stereocenters. The summed E-state index contributed by atoms with van der Waals surface area (Å²) >= 11 is 0. The maximum Gasteiger partial charge on any atom is 0.410 e. The number of rotatable bonds is 4. The molecule has 3 rings (SSSR count). The number of amides is 1. The van der Waals surface area contributed by atoms with E-state index in [4.69, 9.17) is 17.3 Å². The van der Waals surface area contributed by atoms with E-state index in [2.05, 4.69) is 9.97 Å². The van der Waals surface area contributed by atoms with Crippen LogP contribution in [0, 0.1) is 0 Å². The van der Waals surface area contributed by atoms with E-state index < -0.39 is 11.6 Å². The first kappa shape index (κ1) is 21.0. The van der Waals surface area contributed by atoms with E-state index in [1.54, 1.807) is 36.1 Å². The summed E-state index contributed by atoms with van der Waals surface area (Å²) in [5.41, 5.74) is 1.52. The Morgan fingerprint density at radius 2 is 1.97 bits per heavy atom. The van der Waals surface area contributed by atoms with Crippen molar-refractivity contribution in [1.29, 1.82) is 0 Å². The Kier molecular flexibility index (Phi) is 6.00. The summed E-state index contributed by atoms with van der Waals surface area (Å²) in [4.78, 5) is 34.6. The number of hydrogen-bond acceptors (Lipinski definition) is 5. The maximum atomic E-state index is 12.6. The third kappa shape index (κ3) is 4.81. The summed E-state index contributed by atoms with van der Waals surface area (Å²) in [5, 5.41) is 0. The molecule has 7 nitrogen and oxygen atoms in total. The van der Waals surface area contributed by atoms with Gasteiger partial charge in [0, 0.05) is 12.1 Å². The average Bonchev–Trinajstić information content (AvgIpc) is 3.28. The standard InChI is InChI=1S/C21H26BN3O4/c1-5-28-19(26)17-16(13-8-10-14(22)11-9-13)23-18(24-17)15-7-6-12-25(15)20(27)29-21(2,3)4/h8-11,15H,5-7,12H2,1-4H3,(H,23,24)/t15-/m0/s1. The molecule has 152 valence electrons. The van der Waals surface area contributed by atoms with Crippen LogP contribution < -0.4 is 5.46 Å². The van der Waals surface area contributed by atoms with Crippen molar-refractivity contribution in [3.63, 3.8) is 0 Å². The highest BCUT2D eigenvalue weighted by atomic mass is 16.6. The van der Waals surface area contributed by atoms with Crippen LogP contribution in [-0.4, -0.2) is 53.5 Å². The number of nitrogens with zero attached hydrogens (tertiary/aromatic N) is 2. The van der Waals surface area contributed by atoms with Crippen LogP contribution in [0.15, 0.2) is 24.3 Å². The molecule has 0 bridgehead atoms. The van der Waals surface area contributed by atoms with Gasteiger partial charge in [-0.2, -0.15) is 0 Å². The highest BCUT2D eigenvalue weighted by Crippen LogP contribution is 2.34. The molecule has 1 aromatic heterocycles. The van der Waals surface area contributed by atoms with Gasteiger partial charge >= 0.3 is 12.1 Å². The molecule has 1 aliphatic heterocycles. The maximum absolute atomic E-state index is 12.6. The molecule has 2 radical (unpaired) electrons. The molecule has 1 N–H and O–H groups in total. The molecule has 1 amide bonds. The van der Waals surface area contributed by atoms with Crippen LogP contribution in [0.2, 0.25) is 0 Å². The SMILES string of the molecule is [B]c1ccc(-c2nc([C@@H]3CCCN3C(=O)OC(C)(C)C)[nH]c2C(=O)OCC)cc1. The average molecular weight is 395 g/mol. The third-order valence-electron chi connectivity index (χ3n) is 4.58. The summed E-state index contributed by atoms with van der Waals surface area (Å²) in [6.45, 7) is 8.08. The van der Waals surface area contributed by atoms with Crippen LogP contribution in [0.5, 0.6) is 0 Å². The first-order valence-corrected chi connectivity index (χ1v) is 9.82. The fourth-order valence-corrected chi connectivity index (χ4v) is 3.34. The molecule has 1 atom stereocenters. The zero-order valence-electron chi connectivity index (χ0n) is 17.3. The molecule has 0 spiro atoms. The quantitative estimate of drug-likeness (QED) is 0.635. The number of H-pyrrole nitrogens is 1. The fraction of sp³-hybridized carbons (Fsp3) is 0.476. The van der Waals surface area contributed by atoms with Crippen molar-refractivity contribution in [2.75, 3.05) is 13.2 Å². The van der Waals surface area contributed by atoms with Crippen molar-refractivity contribution in [3.05, 3.63) is 35.8 Å². The zero-order chi connectivity index (χ0) is 21.2. The lowest BCUT2D eigenvalue weighted by molar-refractivity contribution is 0.0218. The Bertz CT molecular complexity index is 886. The number of hydrogen-bond donors (Lipinski definition) is 1. The van der Waals surface area contributed by atoms with Crippen LogP contribution in [-0.2, 0) is 9.47 Å². The van der Waals surface area contributed by atoms with Gasteiger partial charge in [0.15, 0.2) is 5.69 Å². The van der Waals surface area contributed by atoms with Crippen molar-refractivity contribution < 1.29 is 19.1 Å². The molecule has 1 aliphatic rings. The molecule has 8 heteroatoms. The van der Waals surface area contributed by atoms with Crippen LogP contribution in [0.4, 0.5) is 4.79 Å². The summed E-state index contributed by atoms with van der Waals surface area (Å²) < 4.78 is 10.7. The number of nitrogens with one attached hydrogen (secondary N) is 1. The first-order chi connectivity index (χ1) is 13.7. The number of aromatic nitrogens is 2. The van der Waals surface area contributed by atoms with Gasteiger partial charge in [-0.15, -0.1) is 0 Å². The van der Waals surface area contributed by atoms with Gasteiger partial charge in [-0.25, -0.2) is 14.6 Å². The minimum Gasteiger partial charge on any atom is -0.461 e. The largest absolute Gasteiger partial charge is 0.461 e. The lowest BCUT2D eigenvalue weighted by Crippen LogP contribution is -2.36. The lowest BCUT2D eigenvalue weighted by Gasteiger charge is -2.27. The van der Waals surface area contributed by atoms with E-state index in [9.17, 15) is 9.59 Å². The Morgan fingerprint density at radius 3 is 2.59 bits per heavy atom. The van der Waals surface area contributed by atoms with Gasteiger partial charge < -0.3 is 14.5 Å². The minimum absolute atomic E-state index is 0.252. The summed E-state index contributed by atoms with van der Waals surface area (Å²) in [7, 11) is 5.78. The first-order valence-electron chi connectivity index (χ1n) is 9.82. The normalized spacial score (nSPS) is 16.7. The second-order valence-electron chi connectivity index (χ2n) is 8.02. The predicted octanol–water partition coefficient (Wildman–Crippen LogP) is 3.12.